The summed E-state index contributed by atoms with van der Waals surface area (Å²) in [5.41, 5.74) is 1.00. The van der Waals surface area contributed by atoms with Crippen LogP contribution in [-0.2, 0) is 11.0 Å². The Hall–Kier alpha value is -0.570. The van der Waals surface area contributed by atoms with E-state index in [2.05, 4.69) is 6.92 Å². The Morgan fingerprint density at radius 2 is 1.82 bits per heavy atom. The third-order valence-electron chi connectivity index (χ3n) is 2.86. The molecule has 0 spiro atoms. The van der Waals surface area contributed by atoms with Gasteiger partial charge >= 0.3 is 7.75 Å². The summed E-state index contributed by atoms with van der Waals surface area (Å²) < 4.78 is 11.9. The molecule has 0 aliphatic rings. The molecular formula is C12H22NO3P. The van der Waals surface area contributed by atoms with E-state index in [1.165, 1.54) is 38.3 Å². The standard InChI is InChI=1S/C12H22NO3P/c1-2-3-4-5-6-7-8-12-9-10-13(11-12)17(14,15)16/h9-11H,2-8H2,1H3,(H2,14,15,16). The van der Waals surface area contributed by atoms with E-state index in [0.717, 1.165) is 22.7 Å². The summed E-state index contributed by atoms with van der Waals surface area (Å²) in [6.45, 7) is 2.20. The van der Waals surface area contributed by atoms with E-state index in [4.69, 9.17) is 9.79 Å². The summed E-state index contributed by atoms with van der Waals surface area (Å²) in [6, 6.07) is 1.78. The fourth-order valence-corrected chi connectivity index (χ4v) is 2.39. The molecule has 0 aromatic carbocycles. The van der Waals surface area contributed by atoms with E-state index >= 15 is 0 Å². The first-order valence-corrected chi connectivity index (χ1v) is 7.84. The lowest BCUT2D eigenvalue weighted by atomic mass is 10.1. The minimum Gasteiger partial charge on any atom is -0.308 e. The van der Waals surface area contributed by atoms with E-state index in [0.29, 0.717) is 0 Å². The maximum Gasteiger partial charge on any atom is 0.433 e. The first-order valence-electron chi connectivity index (χ1n) is 6.27. The normalized spacial score (nSPS) is 11.9. The summed E-state index contributed by atoms with van der Waals surface area (Å²) in [5.74, 6) is 0. The maximum atomic E-state index is 11.0. The number of hydrogen-bond acceptors (Lipinski definition) is 1. The molecule has 0 atom stereocenters. The second-order valence-corrected chi connectivity index (χ2v) is 5.92. The predicted molar refractivity (Wildman–Crippen MR) is 69.0 cm³/mol. The van der Waals surface area contributed by atoms with Crippen molar-refractivity contribution in [1.29, 1.82) is 0 Å². The fourth-order valence-electron chi connectivity index (χ4n) is 1.85. The smallest absolute Gasteiger partial charge is 0.308 e. The lowest BCUT2D eigenvalue weighted by Gasteiger charge is -2.03. The highest BCUT2D eigenvalue weighted by Gasteiger charge is 2.15. The summed E-state index contributed by atoms with van der Waals surface area (Å²) in [7, 11) is -4.13. The Kier molecular flexibility index (Phi) is 5.96. The molecular weight excluding hydrogens is 237 g/mol. The number of hydrogen-bond donors (Lipinski definition) is 2. The molecule has 0 radical (unpaired) electrons. The van der Waals surface area contributed by atoms with Crippen LogP contribution in [0.1, 0.15) is 51.0 Å². The minimum atomic E-state index is -4.13. The number of unbranched alkanes of at least 4 members (excludes halogenated alkanes) is 5. The summed E-state index contributed by atoms with van der Waals surface area (Å²) >= 11 is 0. The maximum absolute atomic E-state index is 11.0. The molecule has 0 amide bonds. The van der Waals surface area contributed by atoms with E-state index in [9.17, 15) is 4.57 Å². The quantitative estimate of drug-likeness (QED) is 0.556. The van der Waals surface area contributed by atoms with Crippen LogP contribution in [0, 0.1) is 0 Å². The van der Waals surface area contributed by atoms with Crippen LogP contribution in [0.3, 0.4) is 0 Å². The van der Waals surface area contributed by atoms with Gasteiger partial charge in [-0.25, -0.2) is 4.57 Å². The van der Waals surface area contributed by atoms with E-state index in [1.54, 1.807) is 12.3 Å². The van der Waals surface area contributed by atoms with Crippen molar-refractivity contribution in [3.8, 4) is 0 Å². The molecule has 4 nitrogen and oxygen atoms in total. The second-order valence-electron chi connectivity index (χ2n) is 4.43. The van der Waals surface area contributed by atoms with E-state index in [-0.39, 0.29) is 0 Å². The van der Waals surface area contributed by atoms with E-state index < -0.39 is 7.75 Å². The van der Waals surface area contributed by atoms with Crippen molar-refractivity contribution in [2.45, 2.75) is 51.9 Å². The molecule has 1 aromatic heterocycles. The van der Waals surface area contributed by atoms with Crippen molar-refractivity contribution in [1.82, 2.24) is 4.34 Å². The zero-order chi connectivity index (χ0) is 12.7. The molecule has 1 aromatic rings. The van der Waals surface area contributed by atoms with Crippen LogP contribution in [0.5, 0.6) is 0 Å². The van der Waals surface area contributed by atoms with Crippen molar-refractivity contribution in [2.75, 3.05) is 0 Å². The molecule has 0 aliphatic heterocycles. The average Bonchev–Trinajstić information content (AvgIpc) is 2.71. The lowest BCUT2D eigenvalue weighted by molar-refractivity contribution is 0.361. The number of nitrogens with zero attached hydrogens (tertiary/aromatic N) is 1. The molecule has 2 N–H and O–H groups in total. The van der Waals surface area contributed by atoms with Gasteiger partial charge in [0.1, 0.15) is 0 Å². The van der Waals surface area contributed by atoms with Gasteiger partial charge in [-0.3, -0.25) is 4.34 Å². The molecule has 0 fully saturated rings. The number of rotatable bonds is 8. The first-order chi connectivity index (χ1) is 8.04. The van der Waals surface area contributed by atoms with Gasteiger partial charge in [0.2, 0.25) is 0 Å². The number of aryl methyl sites for hydroxylation is 1. The van der Waals surface area contributed by atoms with Crippen LogP contribution in [0.2, 0.25) is 0 Å². The summed E-state index contributed by atoms with van der Waals surface area (Å²) in [6.07, 6.45) is 11.3. The lowest BCUT2D eigenvalue weighted by Crippen LogP contribution is -1.90. The zero-order valence-corrected chi connectivity index (χ0v) is 11.3. The third kappa shape index (κ3) is 5.53. The second kappa shape index (κ2) is 7.00. The summed E-state index contributed by atoms with van der Waals surface area (Å²) in [5, 5.41) is 0. The highest BCUT2D eigenvalue weighted by atomic mass is 31.2. The van der Waals surface area contributed by atoms with Gasteiger partial charge in [0.25, 0.3) is 0 Å². The van der Waals surface area contributed by atoms with Crippen LogP contribution < -0.4 is 0 Å². The molecule has 0 saturated heterocycles. The molecule has 17 heavy (non-hydrogen) atoms. The van der Waals surface area contributed by atoms with Gasteiger partial charge in [0.05, 0.1) is 0 Å². The van der Waals surface area contributed by atoms with Crippen LogP contribution in [0.4, 0.5) is 0 Å². The predicted octanol–water partition coefficient (Wildman–Crippen LogP) is 3.33. The Morgan fingerprint density at radius 1 is 1.18 bits per heavy atom. The zero-order valence-electron chi connectivity index (χ0n) is 10.4. The van der Waals surface area contributed by atoms with Crippen LogP contribution >= 0.6 is 7.75 Å². The van der Waals surface area contributed by atoms with Gasteiger partial charge < -0.3 is 9.79 Å². The molecule has 98 valence electrons. The Labute approximate surface area is 103 Å². The molecule has 0 aliphatic carbocycles. The van der Waals surface area contributed by atoms with Gasteiger partial charge in [0, 0.05) is 12.4 Å². The molecule has 0 bridgehead atoms. The van der Waals surface area contributed by atoms with Crippen molar-refractivity contribution in [3.63, 3.8) is 0 Å². The van der Waals surface area contributed by atoms with Gasteiger partial charge in [0.15, 0.2) is 0 Å². The topological polar surface area (TPSA) is 62.5 Å². The summed E-state index contributed by atoms with van der Waals surface area (Å²) in [4.78, 5) is 17.9. The SMILES string of the molecule is CCCCCCCCc1ccn(P(=O)(O)O)c1. The van der Waals surface area contributed by atoms with Crippen molar-refractivity contribution < 1.29 is 14.4 Å². The average molecular weight is 259 g/mol. The molecule has 1 rings (SSSR count). The van der Waals surface area contributed by atoms with E-state index in [1.807, 2.05) is 0 Å². The number of aromatic nitrogens is 1. The van der Waals surface area contributed by atoms with Crippen LogP contribution in [-0.4, -0.2) is 14.1 Å². The van der Waals surface area contributed by atoms with Gasteiger partial charge in [-0.05, 0) is 24.5 Å². The Balaban J connectivity index is 2.24. The Bertz CT molecular complexity index is 370. The highest BCUT2D eigenvalue weighted by Crippen LogP contribution is 2.36. The minimum absolute atomic E-state index is 0.902. The molecule has 0 saturated carbocycles. The Morgan fingerprint density at radius 3 is 2.41 bits per heavy atom. The van der Waals surface area contributed by atoms with Gasteiger partial charge in [-0.15, -0.1) is 0 Å². The van der Waals surface area contributed by atoms with Crippen LogP contribution in [0.15, 0.2) is 18.5 Å². The van der Waals surface area contributed by atoms with Crippen molar-refractivity contribution in [3.05, 3.63) is 24.0 Å². The van der Waals surface area contributed by atoms with Crippen LogP contribution in [0.25, 0.3) is 0 Å². The molecule has 1 heterocycles. The molecule has 0 unspecified atom stereocenters. The first kappa shape index (κ1) is 14.5. The van der Waals surface area contributed by atoms with Gasteiger partial charge in [-0.2, -0.15) is 0 Å². The monoisotopic (exact) mass is 259 g/mol. The fraction of sp³-hybridized carbons (Fsp3) is 0.667. The largest absolute Gasteiger partial charge is 0.433 e. The third-order valence-corrected chi connectivity index (χ3v) is 3.71. The van der Waals surface area contributed by atoms with Crippen molar-refractivity contribution in [2.24, 2.45) is 0 Å². The van der Waals surface area contributed by atoms with Crippen molar-refractivity contribution >= 4 is 7.75 Å². The highest BCUT2D eigenvalue weighted by molar-refractivity contribution is 7.50. The van der Waals surface area contributed by atoms with Gasteiger partial charge in [-0.1, -0.05) is 39.0 Å². The molecule has 5 heteroatoms.